The van der Waals surface area contributed by atoms with Gasteiger partial charge < -0.3 is 10.2 Å². The number of nitrogens with zero attached hydrogens (tertiary/aromatic N) is 1. The molecule has 0 spiro atoms. The van der Waals surface area contributed by atoms with E-state index >= 15 is 0 Å². The number of hydrogen-bond acceptors (Lipinski definition) is 2. The van der Waals surface area contributed by atoms with Gasteiger partial charge in [0.1, 0.15) is 0 Å². The Morgan fingerprint density at radius 2 is 1.67 bits per heavy atom. The van der Waals surface area contributed by atoms with Crippen molar-refractivity contribution in [3.05, 3.63) is 65.2 Å². The van der Waals surface area contributed by atoms with Gasteiger partial charge in [-0.25, -0.2) is 0 Å². The van der Waals surface area contributed by atoms with Crippen molar-refractivity contribution in [2.75, 3.05) is 18.0 Å². The molecule has 0 saturated carbocycles. The van der Waals surface area contributed by atoms with Gasteiger partial charge in [-0.1, -0.05) is 43.3 Å². The quantitative estimate of drug-likeness (QED) is 0.821. The van der Waals surface area contributed by atoms with E-state index in [4.69, 9.17) is 0 Å². The third-order valence-corrected chi connectivity index (χ3v) is 3.72. The van der Waals surface area contributed by atoms with Gasteiger partial charge in [0.15, 0.2) is 0 Å². The van der Waals surface area contributed by atoms with E-state index in [9.17, 15) is 0 Å². The summed E-state index contributed by atoms with van der Waals surface area (Å²) in [6, 6.07) is 17.7. The van der Waals surface area contributed by atoms with Gasteiger partial charge in [-0.2, -0.15) is 0 Å². The first-order valence-electron chi connectivity index (χ1n) is 7.83. The van der Waals surface area contributed by atoms with Crippen LogP contribution in [0.4, 0.5) is 5.69 Å². The van der Waals surface area contributed by atoms with Crippen LogP contribution < -0.4 is 10.2 Å². The predicted molar refractivity (Wildman–Crippen MR) is 91.7 cm³/mol. The van der Waals surface area contributed by atoms with Crippen LogP contribution in [-0.2, 0) is 13.1 Å². The highest BCUT2D eigenvalue weighted by atomic mass is 15.1. The summed E-state index contributed by atoms with van der Waals surface area (Å²) in [5, 5.41) is 3.36. The average molecular weight is 282 g/mol. The monoisotopic (exact) mass is 282 g/mol. The molecule has 0 heterocycles. The topological polar surface area (TPSA) is 15.3 Å². The van der Waals surface area contributed by atoms with E-state index in [1.807, 2.05) is 0 Å². The van der Waals surface area contributed by atoms with Crippen molar-refractivity contribution in [2.24, 2.45) is 0 Å². The second kappa shape index (κ2) is 7.84. The number of rotatable bonds is 7. The Hall–Kier alpha value is -1.80. The summed E-state index contributed by atoms with van der Waals surface area (Å²) in [6.45, 7) is 10.4. The fourth-order valence-corrected chi connectivity index (χ4v) is 2.46. The van der Waals surface area contributed by atoms with Crippen molar-refractivity contribution < 1.29 is 0 Å². The van der Waals surface area contributed by atoms with Gasteiger partial charge in [0.2, 0.25) is 0 Å². The normalized spacial score (nSPS) is 10.6. The number of aryl methyl sites for hydroxylation is 1. The maximum Gasteiger partial charge on any atom is 0.0429 e. The standard InChI is InChI=1S/C19H26N2/c1-4-20-14-17-9-11-18(12-10-17)15-21(5-2)19-8-6-7-16(3)13-19/h6-13,20H,4-5,14-15H2,1-3H3. The minimum atomic E-state index is 0.951. The number of anilines is 1. The summed E-state index contributed by atoms with van der Waals surface area (Å²) >= 11 is 0. The van der Waals surface area contributed by atoms with Crippen molar-refractivity contribution in [3.63, 3.8) is 0 Å². The highest BCUT2D eigenvalue weighted by molar-refractivity contribution is 5.48. The Morgan fingerprint density at radius 3 is 2.29 bits per heavy atom. The molecule has 0 aliphatic carbocycles. The maximum absolute atomic E-state index is 3.36. The van der Waals surface area contributed by atoms with Crippen LogP contribution in [0.5, 0.6) is 0 Å². The van der Waals surface area contributed by atoms with Gasteiger partial charge in [-0.05, 0) is 49.2 Å². The smallest absolute Gasteiger partial charge is 0.0429 e. The summed E-state index contributed by atoms with van der Waals surface area (Å²) < 4.78 is 0. The third-order valence-electron chi connectivity index (χ3n) is 3.72. The Balaban J connectivity index is 2.04. The van der Waals surface area contributed by atoms with Gasteiger partial charge >= 0.3 is 0 Å². The van der Waals surface area contributed by atoms with Gasteiger partial charge in [-0.3, -0.25) is 0 Å². The summed E-state index contributed by atoms with van der Waals surface area (Å²) in [6.07, 6.45) is 0. The molecule has 0 aromatic heterocycles. The fraction of sp³-hybridized carbons (Fsp3) is 0.368. The van der Waals surface area contributed by atoms with Crippen molar-refractivity contribution in [3.8, 4) is 0 Å². The molecule has 0 unspecified atom stereocenters. The van der Waals surface area contributed by atoms with Crippen LogP contribution in [0.2, 0.25) is 0 Å². The van der Waals surface area contributed by atoms with Crippen molar-refractivity contribution >= 4 is 5.69 Å². The highest BCUT2D eigenvalue weighted by Crippen LogP contribution is 2.18. The van der Waals surface area contributed by atoms with E-state index in [-0.39, 0.29) is 0 Å². The van der Waals surface area contributed by atoms with Crippen LogP contribution in [0.1, 0.15) is 30.5 Å². The van der Waals surface area contributed by atoms with E-state index in [1.54, 1.807) is 0 Å². The van der Waals surface area contributed by atoms with E-state index in [0.29, 0.717) is 0 Å². The van der Waals surface area contributed by atoms with Gasteiger partial charge in [0.05, 0.1) is 0 Å². The van der Waals surface area contributed by atoms with Crippen molar-refractivity contribution in [2.45, 2.75) is 33.9 Å². The van der Waals surface area contributed by atoms with Gasteiger partial charge in [0.25, 0.3) is 0 Å². The summed E-state index contributed by atoms with van der Waals surface area (Å²) in [7, 11) is 0. The molecule has 2 aromatic carbocycles. The second-order valence-corrected chi connectivity index (χ2v) is 5.45. The molecule has 21 heavy (non-hydrogen) atoms. The SMILES string of the molecule is CCNCc1ccc(CN(CC)c2cccc(C)c2)cc1. The molecule has 112 valence electrons. The Kier molecular flexibility index (Phi) is 5.82. The minimum absolute atomic E-state index is 0.951. The Morgan fingerprint density at radius 1 is 0.952 bits per heavy atom. The average Bonchev–Trinajstić information content (AvgIpc) is 2.51. The Labute approximate surface area is 128 Å². The molecule has 0 radical (unpaired) electrons. The lowest BCUT2D eigenvalue weighted by Crippen LogP contribution is -2.22. The molecule has 0 aliphatic rings. The maximum atomic E-state index is 3.36. The zero-order chi connectivity index (χ0) is 15.1. The lowest BCUT2D eigenvalue weighted by molar-refractivity contribution is 0.726. The molecule has 0 fully saturated rings. The molecule has 2 heteroatoms. The summed E-state index contributed by atoms with van der Waals surface area (Å²) in [5.41, 5.74) is 5.32. The number of nitrogens with one attached hydrogen (secondary N) is 1. The third kappa shape index (κ3) is 4.61. The lowest BCUT2D eigenvalue weighted by atomic mass is 10.1. The second-order valence-electron chi connectivity index (χ2n) is 5.45. The van der Waals surface area contributed by atoms with E-state index in [0.717, 1.165) is 26.2 Å². The molecule has 1 N–H and O–H groups in total. The minimum Gasteiger partial charge on any atom is -0.367 e. The van der Waals surface area contributed by atoms with Gasteiger partial charge in [0, 0.05) is 25.3 Å². The molecule has 0 amide bonds. The highest BCUT2D eigenvalue weighted by Gasteiger charge is 2.05. The zero-order valence-corrected chi connectivity index (χ0v) is 13.4. The van der Waals surface area contributed by atoms with Crippen LogP contribution in [0.15, 0.2) is 48.5 Å². The molecule has 0 atom stereocenters. The molecule has 2 aromatic rings. The molecular formula is C19H26N2. The van der Waals surface area contributed by atoms with Crippen LogP contribution >= 0.6 is 0 Å². The van der Waals surface area contributed by atoms with Crippen LogP contribution in [0, 0.1) is 6.92 Å². The van der Waals surface area contributed by atoms with E-state index in [1.165, 1.54) is 22.4 Å². The van der Waals surface area contributed by atoms with E-state index in [2.05, 4.69) is 79.5 Å². The largest absolute Gasteiger partial charge is 0.367 e. The van der Waals surface area contributed by atoms with E-state index < -0.39 is 0 Å². The molecule has 2 nitrogen and oxygen atoms in total. The fourth-order valence-electron chi connectivity index (χ4n) is 2.46. The first-order chi connectivity index (χ1) is 10.2. The van der Waals surface area contributed by atoms with Crippen LogP contribution in [0.3, 0.4) is 0 Å². The molecule has 0 saturated heterocycles. The predicted octanol–water partition coefficient (Wildman–Crippen LogP) is 4.13. The number of benzene rings is 2. The first kappa shape index (κ1) is 15.6. The first-order valence-corrected chi connectivity index (χ1v) is 7.83. The lowest BCUT2D eigenvalue weighted by Gasteiger charge is -2.23. The Bertz CT molecular complexity index is 546. The molecular weight excluding hydrogens is 256 g/mol. The van der Waals surface area contributed by atoms with Crippen molar-refractivity contribution in [1.29, 1.82) is 0 Å². The van der Waals surface area contributed by atoms with Crippen LogP contribution in [0.25, 0.3) is 0 Å². The molecule has 0 bridgehead atoms. The summed E-state index contributed by atoms with van der Waals surface area (Å²) in [5.74, 6) is 0. The summed E-state index contributed by atoms with van der Waals surface area (Å²) in [4.78, 5) is 2.41. The zero-order valence-electron chi connectivity index (χ0n) is 13.4. The number of hydrogen-bond donors (Lipinski definition) is 1. The molecule has 2 rings (SSSR count). The van der Waals surface area contributed by atoms with Crippen LogP contribution in [-0.4, -0.2) is 13.1 Å². The molecule has 0 aliphatic heterocycles. The van der Waals surface area contributed by atoms with Crippen molar-refractivity contribution in [1.82, 2.24) is 5.32 Å². The van der Waals surface area contributed by atoms with Gasteiger partial charge in [-0.15, -0.1) is 0 Å².